The molecule has 0 aliphatic carbocycles. The van der Waals surface area contributed by atoms with Gasteiger partial charge in [0.15, 0.2) is 0 Å². The van der Waals surface area contributed by atoms with Crippen LogP contribution in [-0.2, 0) is 0 Å². The van der Waals surface area contributed by atoms with Crippen LogP contribution in [-0.4, -0.2) is 47.6 Å². The number of halogens is 1. The van der Waals surface area contributed by atoms with E-state index in [-0.39, 0.29) is 17.6 Å². The molecule has 1 saturated heterocycles. The van der Waals surface area contributed by atoms with Crippen LogP contribution in [0.5, 0.6) is 5.75 Å². The maximum absolute atomic E-state index is 13.3. The summed E-state index contributed by atoms with van der Waals surface area (Å²) in [4.78, 5) is 4.69. The Morgan fingerprint density at radius 1 is 1.42 bits per heavy atom. The smallest absolute Gasteiger partial charge is 0.123 e. The van der Waals surface area contributed by atoms with Crippen LogP contribution in [0, 0.1) is 5.82 Å². The Hall–Kier alpha value is -1.13. The second-order valence-corrected chi connectivity index (χ2v) is 5.42. The molecule has 2 atom stereocenters. The molecular formula is C15H23FN2O. The van der Waals surface area contributed by atoms with E-state index >= 15 is 0 Å². The highest BCUT2D eigenvalue weighted by atomic mass is 19.1. The van der Waals surface area contributed by atoms with Crippen molar-refractivity contribution in [2.45, 2.75) is 32.4 Å². The lowest BCUT2D eigenvalue weighted by Gasteiger charge is -2.42. The van der Waals surface area contributed by atoms with Crippen molar-refractivity contribution in [2.75, 3.05) is 26.7 Å². The molecule has 4 heteroatoms. The van der Waals surface area contributed by atoms with Gasteiger partial charge in [0.25, 0.3) is 0 Å². The van der Waals surface area contributed by atoms with E-state index in [1.165, 1.54) is 18.2 Å². The molecule has 1 fully saturated rings. The molecule has 2 rings (SSSR count). The molecule has 1 aliphatic rings. The van der Waals surface area contributed by atoms with E-state index in [1.807, 2.05) is 6.92 Å². The Balaban J connectivity index is 2.15. The molecule has 2 unspecified atom stereocenters. The molecule has 0 aromatic heterocycles. The average Bonchev–Trinajstić information content (AvgIpc) is 2.41. The Kier molecular flexibility index (Phi) is 4.42. The summed E-state index contributed by atoms with van der Waals surface area (Å²) in [6, 6.07) is 4.75. The van der Waals surface area contributed by atoms with Crippen LogP contribution in [0.4, 0.5) is 4.39 Å². The van der Waals surface area contributed by atoms with Crippen molar-refractivity contribution in [3.05, 3.63) is 29.6 Å². The van der Waals surface area contributed by atoms with Crippen LogP contribution in [0.15, 0.2) is 18.2 Å². The van der Waals surface area contributed by atoms with Gasteiger partial charge in [0, 0.05) is 37.3 Å². The molecule has 1 aliphatic heterocycles. The zero-order chi connectivity index (χ0) is 14.0. The fourth-order valence-electron chi connectivity index (χ4n) is 2.82. The van der Waals surface area contributed by atoms with Crippen LogP contribution in [0.25, 0.3) is 0 Å². The van der Waals surface area contributed by atoms with Crippen LogP contribution in [0.2, 0.25) is 0 Å². The Morgan fingerprint density at radius 2 is 2.16 bits per heavy atom. The number of hydrogen-bond donors (Lipinski definition) is 1. The van der Waals surface area contributed by atoms with Crippen LogP contribution in [0.3, 0.4) is 0 Å². The van der Waals surface area contributed by atoms with Crippen molar-refractivity contribution in [2.24, 2.45) is 0 Å². The normalized spacial score (nSPS) is 23.5. The summed E-state index contributed by atoms with van der Waals surface area (Å²) in [6.07, 6.45) is 1.11. The second kappa shape index (κ2) is 5.88. The second-order valence-electron chi connectivity index (χ2n) is 5.42. The van der Waals surface area contributed by atoms with Gasteiger partial charge in [-0.3, -0.25) is 4.90 Å². The van der Waals surface area contributed by atoms with Gasteiger partial charge in [0.2, 0.25) is 0 Å². The summed E-state index contributed by atoms with van der Waals surface area (Å²) in [6.45, 7) is 7.15. The zero-order valence-electron chi connectivity index (χ0n) is 11.9. The van der Waals surface area contributed by atoms with Gasteiger partial charge in [-0.2, -0.15) is 0 Å². The number of hydrogen-bond acceptors (Lipinski definition) is 3. The lowest BCUT2D eigenvalue weighted by Crippen LogP contribution is -2.51. The van der Waals surface area contributed by atoms with Crippen molar-refractivity contribution in [1.82, 2.24) is 9.80 Å². The lowest BCUT2D eigenvalue weighted by molar-refractivity contribution is 0.0666. The number of phenols is 1. The summed E-state index contributed by atoms with van der Waals surface area (Å²) in [5, 5.41) is 9.91. The molecule has 3 nitrogen and oxygen atoms in total. The molecule has 1 aromatic rings. The highest BCUT2D eigenvalue weighted by Crippen LogP contribution is 2.30. The van der Waals surface area contributed by atoms with Gasteiger partial charge in [-0.15, -0.1) is 0 Å². The molecule has 0 saturated carbocycles. The number of phenolic OH excluding ortho intramolecular Hbond substituents is 1. The Labute approximate surface area is 114 Å². The van der Waals surface area contributed by atoms with Crippen molar-refractivity contribution >= 4 is 0 Å². The molecule has 0 radical (unpaired) electrons. The minimum Gasteiger partial charge on any atom is -0.508 e. The molecule has 106 valence electrons. The maximum atomic E-state index is 13.3. The number of likely N-dealkylation sites (N-methyl/N-ethyl adjacent to an activating group) is 1. The Morgan fingerprint density at radius 3 is 2.84 bits per heavy atom. The first-order valence-electron chi connectivity index (χ1n) is 6.95. The molecule has 1 N–H and O–H groups in total. The summed E-state index contributed by atoms with van der Waals surface area (Å²) >= 11 is 0. The summed E-state index contributed by atoms with van der Waals surface area (Å²) in [7, 11) is 2.15. The lowest BCUT2D eigenvalue weighted by atomic mass is 10.0. The first-order chi connectivity index (χ1) is 9.02. The van der Waals surface area contributed by atoms with Crippen molar-refractivity contribution in [3.8, 4) is 5.75 Å². The highest BCUT2D eigenvalue weighted by Gasteiger charge is 2.27. The third-order valence-corrected chi connectivity index (χ3v) is 4.27. The molecule has 1 heterocycles. The highest BCUT2D eigenvalue weighted by molar-refractivity contribution is 5.35. The van der Waals surface area contributed by atoms with Gasteiger partial charge in [0.05, 0.1) is 0 Å². The molecule has 1 aromatic carbocycles. The van der Waals surface area contributed by atoms with Gasteiger partial charge in [0.1, 0.15) is 11.6 Å². The monoisotopic (exact) mass is 266 g/mol. The van der Waals surface area contributed by atoms with Gasteiger partial charge in [-0.05, 0) is 38.6 Å². The van der Waals surface area contributed by atoms with E-state index in [1.54, 1.807) is 0 Å². The third-order valence-electron chi connectivity index (χ3n) is 4.27. The van der Waals surface area contributed by atoms with Crippen LogP contribution in [0.1, 0.15) is 31.9 Å². The van der Waals surface area contributed by atoms with E-state index in [0.29, 0.717) is 11.6 Å². The number of piperazine rings is 1. The minimum atomic E-state index is -0.291. The quantitative estimate of drug-likeness (QED) is 0.911. The fraction of sp³-hybridized carbons (Fsp3) is 0.600. The van der Waals surface area contributed by atoms with Crippen molar-refractivity contribution in [1.29, 1.82) is 0 Å². The number of nitrogens with zero attached hydrogens (tertiary/aromatic N) is 2. The number of rotatable bonds is 3. The van der Waals surface area contributed by atoms with E-state index in [4.69, 9.17) is 0 Å². The van der Waals surface area contributed by atoms with E-state index in [2.05, 4.69) is 23.8 Å². The zero-order valence-corrected chi connectivity index (χ0v) is 11.9. The molecule has 19 heavy (non-hydrogen) atoms. The average molecular weight is 266 g/mol. The third kappa shape index (κ3) is 3.07. The minimum absolute atomic E-state index is 0.0402. The fourth-order valence-corrected chi connectivity index (χ4v) is 2.82. The molecular weight excluding hydrogens is 243 g/mol. The summed E-state index contributed by atoms with van der Waals surface area (Å²) in [5.74, 6) is -0.110. The van der Waals surface area contributed by atoms with E-state index in [0.717, 1.165) is 26.1 Å². The maximum Gasteiger partial charge on any atom is 0.123 e. The molecule has 0 bridgehead atoms. The van der Waals surface area contributed by atoms with Gasteiger partial charge < -0.3 is 10.0 Å². The number of benzene rings is 1. The molecule has 0 spiro atoms. The van der Waals surface area contributed by atoms with Gasteiger partial charge >= 0.3 is 0 Å². The van der Waals surface area contributed by atoms with Crippen molar-refractivity contribution in [3.63, 3.8) is 0 Å². The van der Waals surface area contributed by atoms with Gasteiger partial charge in [-0.25, -0.2) is 4.39 Å². The predicted molar refractivity (Wildman–Crippen MR) is 74.8 cm³/mol. The standard InChI is InChI=1S/C15H23FN2O/c1-4-13-10-18(8-7-17(13)3)11(2)14-9-12(16)5-6-15(14)19/h5-6,9,11,13,19H,4,7-8,10H2,1-3H3. The summed E-state index contributed by atoms with van der Waals surface area (Å²) < 4.78 is 13.3. The number of aromatic hydroxyl groups is 1. The topological polar surface area (TPSA) is 26.7 Å². The Bertz CT molecular complexity index is 438. The van der Waals surface area contributed by atoms with Gasteiger partial charge in [-0.1, -0.05) is 6.92 Å². The molecule has 0 amide bonds. The van der Waals surface area contributed by atoms with Crippen LogP contribution < -0.4 is 0 Å². The first kappa shape index (κ1) is 14.3. The van der Waals surface area contributed by atoms with E-state index in [9.17, 15) is 9.50 Å². The van der Waals surface area contributed by atoms with Crippen molar-refractivity contribution < 1.29 is 9.50 Å². The first-order valence-corrected chi connectivity index (χ1v) is 6.95. The summed E-state index contributed by atoms with van der Waals surface area (Å²) in [5.41, 5.74) is 0.680. The van der Waals surface area contributed by atoms with Crippen LogP contribution >= 0.6 is 0 Å². The SMILES string of the molecule is CCC1CN(C(C)c2cc(F)ccc2O)CCN1C. The largest absolute Gasteiger partial charge is 0.508 e. The van der Waals surface area contributed by atoms with E-state index < -0.39 is 0 Å². The predicted octanol–water partition coefficient (Wildman–Crippen LogP) is 2.62.